The minimum Gasteiger partial charge on any atom is -0.336 e. The van der Waals surface area contributed by atoms with Crippen molar-refractivity contribution in [1.82, 2.24) is 20.4 Å². The summed E-state index contributed by atoms with van der Waals surface area (Å²) in [6.07, 6.45) is 2.09. The molecular formula is C17H24N4O2. The van der Waals surface area contributed by atoms with Crippen LogP contribution in [0.5, 0.6) is 0 Å². The molecule has 1 atom stereocenters. The first-order chi connectivity index (χ1) is 11.0. The van der Waals surface area contributed by atoms with Gasteiger partial charge in [0.25, 0.3) is 11.6 Å². The third kappa shape index (κ3) is 2.83. The molecule has 1 N–H and O–H groups in total. The molecule has 3 heterocycles. The maximum Gasteiger partial charge on any atom is 0.259 e. The standard InChI is InChI=1S/C17H24N4O2/c1-10(2)14-8-13(15-11(3)20-23-16(15)19-14)17(22)21-7-5-6-12(21)9-18-4/h8,10,12,18H,5-7,9H2,1-4H3. The van der Waals surface area contributed by atoms with E-state index < -0.39 is 0 Å². The van der Waals surface area contributed by atoms with Crippen LogP contribution in [0.15, 0.2) is 10.6 Å². The van der Waals surface area contributed by atoms with E-state index in [9.17, 15) is 4.79 Å². The van der Waals surface area contributed by atoms with E-state index >= 15 is 0 Å². The minimum absolute atomic E-state index is 0.0587. The fourth-order valence-electron chi connectivity index (χ4n) is 3.28. The summed E-state index contributed by atoms with van der Waals surface area (Å²) in [5.41, 5.74) is 2.71. The molecule has 1 amide bonds. The Morgan fingerprint density at radius 3 is 3.00 bits per heavy atom. The van der Waals surface area contributed by atoms with E-state index in [1.165, 1.54) is 0 Å². The van der Waals surface area contributed by atoms with Crippen molar-refractivity contribution < 1.29 is 9.32 Å². The van der Waals surface area contributed by atoms with Crippen LogP contribution in [0, 0.1) is 6.92 Å². The number of nitrogens with one attached hydrogen (secondary N) is 1. The number of rotatable bonds is 4. The number of amides is 1. The van der Waals surface area contributed by atoms with Crippen molar-refractivity contribution in [3.05, 3.63) is 23.0 Å². The molecule has 6 nitrogen and oxygen atoms in total. The highest BCUT2D eigenvalue weighted by atomic mass is 16.5. The maximum atomic E-state index is 13.2. The fraction of sp³-hybridized carbons (Fsp3) is 0.588. The van der Waals surface area contributed by atoms with Gasteiger partial charge in [0.15, 0.2) is 0 Å². The molecule has 1 fully saturated rings. The zero-order valence-corrected chi connectivity index (χ0v) is 14.2. The van der Waals surface area contributed by atoms with Gasteiger partial charge in [-0.1, -0.05) is 19.0 Å². The van der Waals surface area contributed by atoms with Crippen LogP contribution in [-0.2, 0) is 0 Å². The summed E-state index contributed by atoms with van der Waals surface area (Å²) in [5.74, 6) is 0.284. The number of hydrogen-bond donors (Lipinski definition) is 1. The second-order valence-electron chi connectivity index (χ2n) is 6.55. The minimum atomic E-state index is 0.0587. The largest absolute Gasteiger partial charge is 0.336 e. The van der Waals surface area contributed by atoms with Gasteiger partial charge < -0.3 is 14.7 Å². The lowest BCUT2D eigenvalue weighted by Gasteiger charge is -2.25. The lowest BCUT2D eigenvalue weighted by atomic mass is 10.0. The van der Waals surface area contributed by atoms with E-state index in [4.69, 9.17) is 4.52 Å². The molecule has 1 aliphatic rings. The van der Waals surface area contributed by atoms with E-state index in [2.05, 4.69) is 29.3 Å². The van der Waals surface area contributed by atoms with Gasteiger partial charge in [0.1, 0.15) is 0 Å². The van der Waals surface area contributed by atoms with Crippen LogP contribution in [0.2, 0.25) is 0 Å². The Bertz CT molecular complexity index is 723. The number of likely N-dealkylation sites (N-methyl/N-ethyl adjacent to an activating group) is 1. The van der Waals surface area contributed by atoms with Crippen LogP contribution in [-0.4, -0.2) is 47.1 Å². The second kappa shape index (κ2) is 6.28. The monoisotopic (exact) mass is 316 g/mol. The first kappa shape index (κ1) is 15.9. The van der Waals surface area contributed by atoms with E-state index in [1.807, 2.05) is 24.9 Å². The molecule has 0 bridgehead atoms. The predicted molar refractivity (Wildman–Crippen MR) is 88.6 cm³/mol. The van der Waals surface area contributed by atoms with Gasteiger partial charge in [-0.05, 0) is 38.8 Å². The highest BCUT2D eigenvalue weighted by molar-refractivity contribution is 6.06. The van der Waals surface area contributed by atoms with Crippen LogP contribution < -0.4 is 5.32 Å². The Morgan fingerprint density at radius 2 is 2.30 bits per heavy atom. The Hall–Kier alpha value is -1.95. The summed E-state index contributed by atoms with van der Waals surface area (Å²) in [6, 6.07) is 2.16. The number of pyridine rings is 1. The molecule has 0 spiro atoms. The Kier molecular flexibility index (Phi) is 4.35. The summed E-state index contributed by atoms with van der Waals surface area (Å²) in [6.45, 7) is 7.60. The molecule has 1 aliphatic heterocycles. The highest BCUT2D eigenvalue weighted by Crippen LogP contribution is 2.28. The molecule has 6 heteroatoms. The lowest BCUT2D eigenvalue weighted by Crippen LogP contribution is -2.41. The molecule has 1 saturated heterocycles. The number of fused-ring (bicyclic) bond motifs is 1. The quantitative estimate of drug-likeness (QED) is 0.938. The van der Waals surface area contributed by atoms with Crippen LogP contribution >= 0.6 is 0 Å². The number of hydrogen-bond acceptors (Lipinski definition) is 5. The number of nitrogens with zero attached hydrogens (tertiary/aromatic N) is 3. The van der Waals surface area contributed by atoms with Crippen molar-refractivity contribution >= 4 is 17.0 Å². The molecule has 0 radical (unpaired) electrons. The number of aryl methyl sites for hydroxylation is 1. The Morgan fingerprint density at radius 1 is 1.52 bits per heavy atom. The van der Waals surface area contributed by atoms with Gasteiger partial charge >= 0.3 is 0 Å². The van der Waals surface area contributed by atoms with Crippen LogP contribution in [0.4, 0.5) is 0 Å². The lowest BCUT2D eigenvalue weighted by molar-refractivity contribution is 0.0738. The van der Waals surface area contributed by atoms with Crippen molar-refractivity contribution in [3.63, 3.8) is 0 Å². The maximum absolute atomic E-state index is 13.2. The number of carbonyl (C=O) groups is 1. The summed E-state index contributed by atoms with van der Waals surface area (Å²) in [4.78, 5) is 19.7. The van der Waals surface area contributed by atoms with Gasteiger partial charge in [-0.3, -0.25) is 4.79 Å². The normalized spacial score (nSPS) is 18.3. The number of carbonyl (C=O) groups excluding carboxylic acids is 1. The molecule has 2 aromatic rings. The Balaban J connectivity index is 2.07. The topological polar surface area (TPSA) is 71.3 Å². The van der Waals surface area contributed by atoms with Gasteiger partial charge in [-0.15, -0.1) is 0 Å². The third-order valence-electron chi connectivity index (χ3n) is 4.54. The SMILES string of the molecule is CNCC1CCCN1C(=O)c1cc(C(C)C)nc2onc(C)c12. The molecule has 23 heavy (non-hydrogen) atoms. The molecule has 0 aromatic carbocycles. The summed E-state index contributed by atoms with van der Waals surface area (Å²) < 4.78 is 5.32. The van der Waals surface area contributed by atoms with Crippen molar-refractivity contribution in [2.75, 3.05) is 20.1 Å². The third-order valence-corrected chi connectivity index (χ3v) is 4.54. The van der Waals surface area contributed by atoms with Gasteiger partial charge in [0.05, 0.1) is 16.6 Å². The number of likely N-dealkylation sites (tertiary alicyclic amines) is 1. The predicted octanol–water partition coefficient (Wildman–Crippen LogP) is 2.48. The van der Waals surface area contributed by atoms with Crippen molar-refractivity contribution in [3.8, 4) is 0 Å². The molecule has 0 aliphatic carbocycles. The van der Waals surface area contributed by atoms with E-state index in [0.717, 1.165) is 42.7 Å². The van der Waals surface area contributed by atoms with Crippen molar-refractivity contribution in [2.24, 2.45) is 0 Å². The fourth-order valence-corrected chi connectivity index (χ4v) is 3.28. The summed E-state index contributed by atoms with van der Waals surface area (Å²) >= 11 is 0. The van der Waals surface area contributed by atoms with E-state index in [0.29, 0.717) is 11.3 Å². The Labute approximate surface area is 136 Å². The molecular weight excluding hydrogens is 292 g/mol. The summed E-state index contributed by atoms with van der Waals surface area (Å²) in [7, 11) is 1.92. The van der Waals surface area contributed by atoms with Gasteiger partial charge in [-0.25, -0.2) is 4.98 Å². The molecule has 3 rings (SSSR count). The molecule has 0 saturated carbocycles. The molecule has 2 aromatic heterocycles. The van der Waals surface area contributed by atoms with Gasteiger partial charge in [0.2, 0.25) is 0 Å². The van der Waals surface area contributed by atoms with Gasteiger partial charge in [0, 0.05) is 24.8 Å². The van der Waals surface area contributed by atoms with Crippen LogP contribution in [0.1, 0.15) is 54.4 Å². The first-order valence-corrected chi connectivity index (χ1v) is 8.25. The second-order valence-corrected chi connectivity index (χ2v) is 6.55. The highest BCUT2D eigenvalue weighted by Gasteiger charge is 2.31. The average Bonchev–Trinajstić information content (AvgIpc) is 3.13. The molecule has 1 unspecified atom stereocenters. The van der Waals surface area contributed by atoms with Crippen molar-refractivity contribution in [1.29, 1.82) is 0 Å². The number of aromatic nitrogens is 2. The van der Waals surface area contributed by atoms with E-state index in [-0.39, 0.29) is 17.9 Å². The first-order valence-electron chi connectivity index (χ1n) is 8.25. The van der Waals surface area contributed by atoms with Crippen LogP contribution in [0.25, 0.3) is 11.1 Å². The van der Waals surface area contributed by atoms with Gasteiger partial charge in [-0.2, -0.15) is 0 Å². The van der Waals surface area contributed by atoms with Crippen LogP contribution in [0.3, 0.4) is 0 Å². The van der Waals surface area contributed by atoms with Crippen molar-refractivity contribution in [2.45, 2.75) is 45.6 Å². The zero-order valence-electron chi connectivity index (χ0n) is 14.2. The zero-order chi connectivity index (χ0) is 16.6. The van der Waals surface area contributed by atoms with E-state index in [1.54, 1.807) is 0 Å². The summed E-state index contributed by atoms with van der Waals surface area (Å²) in [5, 5.41) is 7.93. The molecule has 124 valence electrons. The smallest absolute Gasteiger partial charge is 0.259 e. The average molecular weight is 316 g/mol.